The van der Waals surface area contributed by atoms with Crippen molar-refractivity contribution in [3.05, 3.63) is 0 Å². The zero-order valence-corrected chi connectivity index (χ0v) is 7.85. The highest BCUT2D eigenvalue weighted by Crippen LogP contribution is 2.37. The van der Waals surface area contributed by atoms with Gasteiger partial charge >= 0.3 is 0 Å². The third-order valence-electron chi connectivity index (χ3n) is 2.45. The largest absolute Gasteiger partial charge is 0.389 e. The summed E-state index contributed by atoms with van der Waals surface area (Å²) in [5, 5.41) is 9.75. The molecule has 0 aromatic rings. The molecule has 1 atom stereocenters. The van der Waals surface area contributed by atoms with E-state index in [4.69, 9.17) is 5.73 Å². The Bertz CT molecular complexity index is 138. The van der Waals surface area contributed by atoms with E-state index in [9.17, 15) is 5.11 Å². The van der Waals surface area contributed by atoms with Gasteiger partial charge in [-0.3, -0.25) is 0 Å². The molecule has 1 saturated heterocycles. The van der Waals surface area contributed by atoms with Crippen LogP contribution in [0.5, 0.6) is 0 Å². The molecule has 1 aliphatic heterocycles. The molecule has 0 unspecified atom stereocenters. The lowest BCUT2D eigenvalue weighted by atomic mass is 10.1. The van der Waals surface area contributed by atoms with Crippen molar-refractivity contribution in [3.63, 3.8) is 0 Å². The van der Waals surface area contributed by atoms with Crippen molar-refractivity contribution in [2.24, 2.45) is 5.73 Å². The summed E-state index contributed by atoms with van der Waals surface area (Å²) in [4.78, 5) is 0. The standard InChI is InChI=1S/C7H17NOSi/c1-10(2)4-3-7(9,5-8)6-10/h9H,3-6,8H2,1-2H3/t7-/m1/s1. The second-order valence-electron chi connectivity index (χ2n) is 4.27. The third kappa shape index (κ3) is 1.59. The number of rotatable bonds is 1. The van der Waals surface area contributed by atoms with Gasteiger partial charge in [-0.05, 0) is 12.5 Å². The fraction of sp³-hybridized carbons (Fsp3) is 1.00. The van der Waals surface area contributed by atoms with Crippen molar-refractivity contribution in [1.29, 1.82) is 0 Å². The fourth-order valence-corrected chi connectivity index (χ4v) is 5.23. The minimum atomic E-state index is -1.03. The molecule has 0 amide bonds. The van der Waals surface area contributed by atoms with Crippen LogP contribution in [0.15, 0.2) is 0 Å². The minimum Gasteiger partial charge on any atom is -0.389 e. The highest BCUT2D eigenvalue weighted by Gasteiger charge is 2.41. The molecular formula is C7H17NOSi. The van der Waals surface area contributed by atoms with Crippen LogP contribution >= 0.6 is 0 Å². The second-order valence-corrected chi connectivity index (χ2v) is 9.45. The van der Waals surface area contributed by atoms with Gasteiger partial charge in [0.2, 0.25) is 0 Å². The van der Waals surface area contributed by atoms with Crippen molar-refractivity contribution in [1.82, 2.24) is 0 Å². The Balaban J connectivity index is 2.57. The lowest BCUT2D eigenvalue weighted by Gasteiger charge is -2.21. The molecule has 0 aromatic carbocycles. The normalized spacial score (nSPS) is 38.4. The Morgan fingerprint density at radius 1 is 1.60 bits per heavy atom. The summed E-state index contributed by atoms with van der Waals surface area (Å²) in [6.45, 7) is 5.09. The smallest absolute Gasteiger partial charge is 0.0743 e. The van der Waals surface area contributed by atoms with Crippen molar-refractivity contribution in [3.8, 4) is 0 Å². The van der Waals surface area contributed by atoms with E-state index >= 15 is 0 Å². The van der Waals surface area contributed by atoms with Gasteiger partial charge < -0.3 is 10.8 Å². The average molecular weight is 159 g/mol. The third-order valence-corrected chi connectivity index (χ3v) is 5.67. The Hall–Kier alpha value is 0.137. The summed E-state index contributed by atoms with van der Waals surface area (Å²) >= 11 is 0. The summed E-state index contributed by atoms with van der Waals surface area (Å²) < 4.78 is 0. The van der Waals surface area contributed by atoms with E-state index in [0.717, 1.165) is 12.5 Å². The molecule has 0 spiro atoms. The van der Waals surface area contributed by atoms with E-state index in [1.165, 1.54) is 6.04 Å². The summed E-state index contributed by atoms with van der Waals surface area (Å²) in [7, 11) is -1.03. The van der Waals surface area contributed by atoms with Gasteiger partial charge in [-0.1, -0.05) is 19.1 Å². The van der Waals surface area contributed by atoms with Gasteiger partial charge in [0.15, 0.2) is 0 Å². The predicted octanol–water partition coefficient (Wildman–Crippen LogP) is 0.788. The van der Waals surface area contributed by atoms with Gasteiger partial charge in [0.05, 0.1) is 13.7 Å². The number of hydrogen-bond acceptors (Lipinski definition) is 2. The number of nitrogens with two attached hydrogens (primary N) is 1. The lowest BCUT2D eigenvalue weighted by molar-refractivity contribution is 0.0733. The van der Waals surface area contributed by atoms with E-state index in [0.29, 0.717) is 6.54 Å². The SMILES string of the molecule is C[Si]1(C)CC[C@@](O)(CN)C1. The van der Waals surface area contributed by atoms with Crippen LogP contribution in [0.4, 0.5) is 0 Å². The van der Waals surface area contributed by atoms with E-state index in [-0.39, 0.29) is 0 Å². The van der Waals surface area contributed by atoms with Crippen LogP contribution in [-0.2, 0) is 0 Å². The Labute approximate surface area is 63.4 Å². The van der Waals surface area contributed by atoms with Gasteiger partial charge in [-0.25, -0.2) is 0 Å². The Morgan fingerprint density at radius 3 is 2.40 bits per heavy atom. The van der Waals surface area contributed by atoms with E-state index < -0.39 is 13.7 Å². The van der Waals surface area contributed by atoms with Crippen LogP contribution in [0.25, 0.3) is 0 Å². The topological polar surface area (TPSA) is 46.2 Å². The van der Waals surface area contributed by atoms with Gasteiger partial charge in [-0.2, -0.15) is 0 Å². The van der Waals surface area contributed by atoms with Crippen LogP contribution in [-0.4, -0.2) is 25.3 Å². The van der Waals surface area contributed by atoms with Gasteiger partial charge in [-0.15, -0.1) is 0 Å². The molecule has 0 radical (unpaired) electrons. The summed E-state index contributed by atoms with van der Waals surface area (Å²) in [5.41, 5.74) is 4.97. The number of hydrogen-bond donors (Lipinski definition) is 2. The molecule has 2 nitrogen and oxygen atoms in total. The van der Waals surface area contributed by atoms with Crippen molar-refractivity contribution >= 4 is 8.07 Å². The molecule has 3 N–H and O–H groups in total. The van der Waals surface area contributed by atoms with E-state index in [1.54, 1.807) is 0 Å². The number of aliphatic hydroxyl groups is 1. The highest BCUT2D eigenvalue weighted by atomic mass is 28.3. The Morgan fingerprint density at radius 2 is 2.20 bits per heavy atom. The average Bonchev–Trinajstić information content (AvgIpc) is 2.08. The monoisotopic (exact) mass is 159 g/mol. The van der Waals surface area contributed by atoms with Crippen LogP contribution in [0.1, 0.15) is 6.42 Å². The van der Waals surface area contributed by atoms with Crippen LogP contribution in [0.2, 0.25) is 25.2 Å². The molecule has 60 valence electrons. The molecule has 0 aromatic heterocycles. The zero-order chi connectivity index (χ0) is 7.83. The zero-order valence-electron chi connectivity index (χ0n) is 6.85. The molecule has 1 rings (SSSR count). The maximum Gasteiger partial charge on any atom is 0.0743 e. The van der Waals surface area contributed by atoms with Crippen molar-refractivity contribution in [2.45, 2.75) is 37.2 Å². The van der Waals surface area contributed by atoms with E-state index in [2.05, 4.69) is 13.1 Å². The first kappa shape index (κ1) is 8.24. The molecule has 0 saturated carbocycles. The minimum absolute atomic E-state index is 0.448. The molecule has 1 heterocycles. The molecule has 1 fully saturated rings. The molecule has 0 bridgehead atoms. The van der Waals surface area contributed by atoms with Gasteiger partial charge in [0, 0.05) is 6.54 Å². The van der Waals surface area contributed by atoms with Crippen LogP contribution in [0.3, 0.4) is 0 Å². The molecule has 3 heteroatoms. The summed E-state index contributed by atoms with van der Waals surface area (Å²) in [6.07, 6.45) is 0.933. The Kier molecular flexibility index (Phi) is 1.91. The molecule has 10 heavy (non-hydrogen) atoms. The maximum atomic E-state index is 9.75. The lowest BCUT2D eigenvalue weighted by Crippen LogP contribution is -2.36. The van der Waals surface area contributed by atoms with Gasteiger partial charge in [0.25, 0.3) is 0 Å². The van der Waals surface area contributed by atoms with Crippen molar-refractivity contribution in [2.75, 3.05) is 6.54 Å². The second kappa shape index (κ2) is 2.32. The first-order valence-electron chi connectivity index (χ1n) is 3.90. The molecular weight excluding hydrogens is 142 g/mol. The molecule has 1 aliphatic rings. The fourth-order valence-electron chi connectivity index (χ4n) is 1.81. The quantitative estimate of drug-likeness (QED) is 0.556. The molecule has 0 aliphatic carbocycles. The first-order valence-corrected chi connectivity index (χ1v) is 7.31. The van der Waals surface area contributed by atoms with E-state index in [1.807, 2.05) is 0 Å². The maximum absolute atomic E-state index is 9.75. The highest BCUT2D eigenvalue weighted by molar-refractivity contribution is 6.78. The predicted molar refractivity (Wildman–Crippen MR) is 45.7 cm³/mol. The summed E-state index contributed by atoms with van der Waals surface area (Å²) in [5.74, 6) is 0. The van der Waals surface area contributed by atoms with Crippen molar-refractivity contribution < 1.29 is 5.11 Å². The van der Waals surface area contributed by atoms with Crippen LogP contribution in [0, 0.1) is 0 Å². The summed E-state index contributed by atoms with van der Waals surface area (Å²) in [6, 6.07) is 2.23. The first-order chi connectivity index (χ1) is 4.47. The van der Waals surface area contributed by atoms with Crippen LogP contribution < -0.4 is 5.73 Å². The van der Waals surface area contributed by atoms with Gasteiger partial charge in [0.1, 0.15) is 0 Å².